The van der Waals surface area contributed by atoms with Crippen molar-refractivity contribution in [2.75, 3.05) is 5.32 Å². The van der Waals surface area contributed by atoms with Gasteiger partial charge in [0.05, 0.1) is 0 Å². The van der Waals surface area contributed by atoms with Crippen LogP contribution in [0.1, 0.15) is 38.3 Å². The molecule has 82 valence electrons. The summed E-state index contributed by atoms with van der Waals surface area (Å²) in [7, 11) is 0. The summed E-state index contributed by atoms with van der Waals surface area (Å²) in [5, 5.41) is 3.50. The van der Waals surface area contributed by atoms with Gasteiger partial charge in [-0.25, -0.2) is 0 Å². The molecule has 0 saturated heterocycles. The van der Waals surface area contributed by atoms with Crippen molar-refractivity contribution in [2.45, 2.75) is 41.0 Å². The number of allylic oxidation sites excluding steroid dienone is 2. The minimum atomic E-state index is 1.05. The fraction of sp³-hybridized carbons (Fsp3) is 0.429. The molecule has 15 heavy (non-hydrogen) atoms. The van der Waals surface area contributed by atoms with E-state index in [1.165, 1.54) is 28.1 Å². The third-order valence-corrected chi connectivity index (χ3v) is 2.62. The van der Waals surface area contributed by atoms with Crippen LogP contribution >= 0.6 is 0 Å². The summed E-state index contributed by atoms with van der Waals surface area (Å²) in [4.78, 5) is 0. The molecule has 1 rings (SSSR count). The Labute approximate surface area is 93.2 Å². The highest BCUT2D eigenvalue weighted by molar-refractivity contribution is 5.55. The Morgan fingerprint density at radius 3 is 2.33 bits per heavy atom. The predicted octanol–water partition coefficient (Wildman–Crippen LogP) is 4.42. The third-order valence-electron chi connectivity index (χ3n) is 2.62. The van der Waals surface area contributed by atoms with E-state index in [0.29, 0.717) is 0 Å². The Kier molecular flexibility index (Phi) is 3.96. The molecule has 0 atom stereocenters. The molecule has 0 amide bonds. The minimum Gasteiger partial charge on any atom is -0.359 e. The number of aryl methyl sites for hydroxylation is 2. The number of nitrogens with one attached hydrogen (secondary N) is 1. The predicted molar refractivity (Wildman–Crippen MR) is 68.2 cm³/mol. The van der Waals surface area contributed by atoms with Crippen molar-refractivity contribution in [1.29, 1.82) is 0 Å². The highest BCUT2D eigenvalue weighted by Crippen LogP contribution is 2.20. The molecular formula is C14H21N. The topological polar surface area (TPSA) is 12.0 Å². The van der Waals surface area contributed by atoms with Gasteiger partial charge in [-0.05, 0) is 45.7 Å². The van der Waals surface area contributed by atoms with E-state index in [2.05, 4.69) is 58.1 Å². The van der Waals surface area contributed by atoms with E-state index in [1.54, 1.807) is 0 Å². The van der Waals surface area contributed by atoms with Crippen LogP contribution in [0.3, 0.4) is 0 Å². The normalized spacial score (nSPS) is 9.93. The molecule has 0 bridgehead atoms. The number of hydrogen-bond acceptors (Lipinski definition) is 1. The summed E-state index contributed by atoms with van der Waals surface area (Å²) in [5.74, 6) is 0. The van der Waals surface area contributed by atoms with Crippen molar-refractivity contribution in [1.82, 2.24) is 0 Å². The smallest absolute Gasteiger partial charge is 0.0411 e. The van der Waals surface area contributed by atoms with E-state index in [0.717, 1.165) is 6.42 Å². The molecule has 1 N–H and O–H groups in total. The monoisotopic (exact) mass is 203 g/mol. The van der Waals surface area contributed by atoms with E-state index >= 15 is 0 Å². The van der Waals surface area contributed by atoms with Gasteiger partial charge in [0.1, 0.15) is 0 Å². The van der Waals surface area contributed by atoms with Crippen LogP contribution in [0.5, 0.6) is 0 Å². The van der Waals surface area contributed by atoms with Gasteiger partial charge in [-0.2, -0.15) is 0 Å². The summed E-state index contributed by atoms with van der Waals surface area (Å²) < 4.78 is 0. The molecule has 1 nitrogen and oxygen atoms in total. The quantitative estimate of drug-likeness (QED) is 0.766. The molecule has 0 spiro atoms. The molecule has 0 aliphatic rings. The minimum absolute atomic E-state index is 1.05. The van der Waals surface area contributed by atoms with Gasteiger partial charge < -0.3 is 5.32 Å². The molecule has 0 heterocycles. The van der Waals surface area contributed by atoms with Crippen molar-refractivity contribution < 1.29 is 0 Å². The van der Waals surface area contributed by atoms with E-state index in [-0.39, 0.29) is 0 Å². The Morgan fingerprint density at radius 2 is 1.87 bits per heavy atom. The summed E-state index contributed by atoms with van der Waals surface area (Å²) in [6, 6.07) is 6.51. The van der Waals surface area contributed by atoms with E-state index < -0.39 is 0 Å². The van der Waals surface area contributed by atoms with Crippen LogP contribution in [0.15, 0.2) is 29.5 Å². The highest BCUT2D eigenvalue weighted by Gasteiger charge is 2.01. The molecule has 0 unspecified atom stereocenters. The second-order valence-electron chi connectivity index (χ2n) is 4.28. The zero-order chi connectivity index (χ0) is 11.4. The van der Waals surface area contributed by atoms with Gasteiger partial charge in [-0.3, -0.25) is 0 Å². The first-order valence-corrected chi connectivity index (χ1v) is 5.55. The molecular weight excluding hydrogens is 182 g/mol. The SMILES string of the molecule is CCC(Nc1ccc(C)cc1C)=C(C)C. The number of benzene rings is 1. The van der Waals surface area contributed by atoms with Gasteiger partial charge >= 0.3 is 0 Å². The molecule has 0 aliphatic heterocycles. The lowest BCUT2D eigenvalue weighted by molar-refractivity contribution is 1.06. The largest absolute Gasteiger partial charge is 0.359 e. The first-order chi connectivity index (χ1) is 7.04. The van der Waals surface area contributed by atoms with Crippen LogP contribution in [0.25, 0.3) is 0 Å². The summed E-state index contributed by atoms with van der Waals surface area (Å²) in [5.41, 5.74) is 6.52. The van der Waals surface area contributed by atoms with Crippen LogP contribution in [0, 0.1) is 13.8 Å². The molecule has 1 aromatic rings. The van der Waals surface area contributed by atoms with Crippen LogP contribution in [0.4, 0.5) is 5.69 Å². The molecule has 0 saturated carbocycles. The highest BCUT2D eigenvalue weighted by atomic mass is 14.9. The Bertz CT molecular complexity index is 371. The standard InChI is InChI=1S/C14H21N/c1-6-13(10(2)3)15-14-8-7-11(4)9-12(14)5/h7-9,15H,6H2,1-5H3. The maximum atomic E-state index is 3.50. The van der Waals surface area contributed by atoms with Gasteiger partial charge in [-0.1, -0.05) is 30.2 Å². The van der Waals surface area contributed by atoms with Crippen molar-refractivity contribution in [3.63, 3.8) is 0 Å². The molecule has 0 aliphatic carbocycles. The Morgan fingerprint density at radius 1 is 1.20 bits per heavy atom. The van der Waals surface area contributed by atoms with Crippen molar-refractivity contribution in [2.24, 2.45) is 0 Å². The number of anilines is 1. The van der Waals surface area contributed by atoms with Gasteiger partial charge in [-0.15, -0.1) is 0 Å². The second-order valence-corrected chi connectivity index (χ2v) is 4.28. The zero-order valence-corrected chi connectivity index (χ0v) is 10.4. The van der Waals surface area contributed by atoms with Gasteiger partial charge in [0.15, 0.2) is 0 Å². The Hall–Kier alpha value is -1.24. The van der Waals surface area contributed by atoms with E-state index in [1.807, 2.05) is 0 Å². The maximum Gasteiger partial charge on any atom is 0.0411 e. The van der Waals surface area contributed by atoms with Crippen LogP contribution < -0.4 is 5.32 Å². The van der Waals surface area contributed by atoms with Crippen LogP contribution in [0.2, 0.25) is 0 Å². The average molecular weight is 203 g/mol. The summed E-state index contributed by atoms with van der Waals surface area (Å²) in [6.07, 6.45) is 1.05. The average Bonchev–Trinajstić information content (AvgIpc) is 2.16. The number of hydrogen-bond donors (Lipinski definition) is 1. The van der Waals surface area contributed by atoms with E-state index in [4.69, 9.17) is 0 Å². The van der Waals surface area contributed by atoms with Crippen molar-refractivity contribution in [3.05, 3.63) is 40.6 Å². The lowest BCUT2D eigenvalue weighted by Crippen LogP contribution is -2.02. The number of rotatable bonds is 3. The third kappa shape index (κ3) is 3.12. The van der Waals surface area contributed by atoms with Crippen LogP contribution in [-0.2, 0) is 0 Å². The maximum absolute atomic E-state index is 3.50. The Balaban J connectivity index is 2.94. The molecule has 1 heteroatoms. The fourth-order valence-corrected chi connectivity index (χ4v) is 1.68. The lowest BCUT2D eigenvalue weighted by atomic mass is 10.1. The summed E-state index contributed by atoms with van der Waals surface area (Å²) in [6.45, 7) is 10.7. The van der Waals surface area contributed by atoms with Crippen LogP contribution in [-0.4, -0.2) is 0 Å². The second kappa shape index (κ2) is 5.01. The van der Waals surface area contributed by atoms with Gasteiger partial charge in [0.25, 0.3) is 0 Å². The zero-order valence-electron chi connectivity index (χ0n) is 10.4. The first-order valence-electron chi connectivity index (χ1n) is 5.55. The molecule has 0 radical (unpaired) electrons. The molecule has 0 fully saturated rings. The fourth-order valence-electron chi connectivity index (χ4n) is 1.68. The van der Waals surface area contributed by atoms with Crippen molar-refractivity contribution in [3.8, 4) is 0 Å². The molecule has 1 aromatic carbocycles. The van der Waals surface area contributed by atoms with E-state index in [9.17, 15) is 0 Å². The van der Waals surface area contributed by atoms with Crippen molar-refractivity contribution >= 4 is 5.69 Å². The summed E-state index contributed by atoms with van der Waals surface area (Å²) >= 11 is 0. The van der Waals surface area contributed by atoms with Gasteiger partial charge in [0, 0.05) is 11.4 Å². The molecule has 0 aromatic heterocycles. The first kappa shape index (κ1) is 11.8. The van der Waals surface area contributed by atoms with Gasteiger partial charge in [0.2, 0.25) is 0 Å². The lowest BCUT2D eigenvalue weighted by Gasteiger charge is -2.14.